The molecule has 0 spiro atoms. The first-order chi connectivity index (χ1) is 12.2. The van der Waals surface area contributed by atoms with Gasteiger partial charge in [-0.2, -0.15) is 0 Å². The van der Waals surface area contributed by atoms with Crippen LogP contribution in [0.4, 0.5) is 0 Å². The minimum atomic E-state index is 0.00609. The first kappa shape index (κ1) is 16.3. The number of imidazole rings is 1. The van der Waals surface area contributed by atoms with Crippen molar-refractivity contribution in [1.29, 1.82) is 0 Å². The molecule has 1 fully saturated rings. The van der Waals surface area contributed by atoms with Crippen LogP contribution in [0.25, 0.3) is 0 Å². The Morgan fingerprint density at radius 3 is 2.88 bits per heavy atom. The molecule has 1 saturated heterocycles. The highest BCUT2D eigenvalue weighted by Crippen LogP contribution is 2.20. The van der Waals surface area contributed by atoms with Gasteiger partial charge in [-0.3, -0.25) is 4.79 Å². The summed E-state index contributed by atoms with van der Waals surface area (Å²) in [5, 5.41) is 0. The summed E-state index contributed by atoms with van der Waals surface area (Å²) in [6, 6.07) is 5.63. The lowest BCUT2D eigenvalue weighted by Gasteiger charge is -2.27. The number of nitrogens with zero attached hydrogens (tertiary/aromatic N) is 5. The van der Waals surface area contributed by atoms with E-state index >= 15 is 0 Å². The average molecular weight is 339 g/mol. The summed E-state index contributed by atoms with van der Waals surface area (Å²) in [4.78, 5) is 26.4. The van der Waals surface area contributed by atoms with Crippen molar-refractivity contribution in [2.75, 3.05) is 26.2 Å². The number of fused-ring (bicyclic) bond motifs is 1. The van der Waals surface area contributed by atoms with Gasteiger partial charge in [0.1, 0.15) is 11.5 Å². The van der Waals surface area contributed by atoms with E-state index in [9.17, 15) is 4.79 Å². The molecule has 2 aliphatic rings. The van der Waals surface area contributed by atoms with Crippen molar-refractivity contribution in [3.05, 3.63) is 47.8 Å². The predicted molar refractivity (Wildman–Crippen MR) is 95.1 cm³/mol. The molecule has 4 heterocycles. The van der Waals surface area contributed by atoms with E-state index in [0.29, 0.717) is 18.2 Å². The van der Waals surface area contributed by atoms with E-state index in [4.69, 9.17) is 0 Å². The van der Waals surface area contributed by atoms with Crippen molar-refractivity contribution in [2.24, 2.45) is 5.92 Å². The summed E-state index contributed by atoms with van der Waals surface area (Å²) in [7, 11) is 0. The summed E-state index contributed by atoms with van der Waals surface area (Å²) in [6.45, 7) is 7.56. The standard InChI is InChI=1S/C19H25N5O/c1-15-5-4-6-17(21-15)19(25)24-13-16(11-22-8-2-3-9-22)12-23-10-7-20-18(23)14-24/h4-7,10,16H,2-3,8-9,11-14H2,1H3. The second kappa shape index (κ2) is 6.96. The summed E-state index contributed by atoms with van der Waals surface area (Å²) < 4.78 is 2.21. The third kappa shape index (κ3) is 3.58. The monoisotopic (exact) mass is 339 g/mol. The van der Waals surface area contributed by atoms with Crippen LogP contribution in [-0.2, 0) is 13.1 Å². The van der Waals surface area contributed by atoms with Crippen LogP contribution in [0.3, 0.4) is 0 Å². The molecule has 0 radical (unpaired) electrons. The Balaban J connectivity index is 1.56. The fourth-order valence-electron chi connectivity index (χ4n) is 3.97. The molecule has 4 rings (SSSR count). The van der Waals surface area contributed by atoms with Crippen LogP contribution in [-0.4, -0.2) is 56.4 Å². The summed E-state index contributed by atoms with van der Waals surface area (Å²) in [5.74, 6) is 1.39. The first-order valence-corrected chi connectivity index (χ1v) is 9.14. The van der Waals surface area contributed by atoms with E-state index in [1.807, 2.05) is 42.4 Å². The summed E-state index contributed by atoms with van der Waals surface area (Å²) in [6.07, 6.45) is 6.45. The zero-order chi connectivity index (χ0) is 17.2. The van der Waals surface area contributed by atoms with Crippen molar-refractivity contribution in [3.63, 3.8) is 0 Å². The number of hydrogen-bond acceptors (Lipinski definition) is 4. The van der Waals surface area contributed by atoms with Crippen LogP contribution < -0.4 is 0 Å². The van der Waals surface area contributed by atoms with Gasteiger partial charge in [0.2, 0.25) is 0 Å². The molecule has 6 heteroatoms. The molecule has 1 unspecified atom stereocenters. The number of carbonyl (C=O) groups is 1. The second-order valence-corrected chi connectivity index (χ2v) is 7.22. The lowest BCUT2D eigenvalue weighted by atomic mass is 10.1. The maximum absolute atomic E-state index is 13.0. The Labute approximate surface area is 148 Å². The molecule has 1 amide bonds. The van der Waals surface area contributed by atoms with Crippen LogP contribution in [0, 0.1) is 12.8 Å². The topological polar surface area (TPSA) is 54.3 Å². The molecule has 0 aliphatic carbocycles. The third-order valence-electron chi connectivity index (χ3n) is 5.18. The Kier molecular flexibility index (Phi) is 4.53. The van der Waals surface area contributed by atoms with Gasteiger partial charge in [-0.15, -0.1) is 0 Å². The van der Waals surface area contributed by atoms with Crippen LogP contribution >= 0.6 is 0 Å². The molecule has 132 valence electrons. The SMILES string of the molecule is Cc1cccc(C(=O)N2Cc3nccn3CC(CN3CCCC3)C2)n1. The van der Waals surface area contributed by atoms with Gasteiger partial charge in [-0.25, -0.2) is 9.97 Å². The number of amides is 1. The van der Waals surface area contributed by atoms with Crippen molar-refractivity contribution in [3.8, 4) is 0 Å². The number of likely N-dealkylation sites (tertiary alicyclic amines) is 1. The molecule has 0 bridgehead atoms. The van der Waals surface area contributed by atoms with E-state index < -0.39 is 0 Å². The smallest absolute Gasteiger partial charge is 0.272 e. The van der Waals surface area contributed by atoms with Gasteiger partial charge >= 0.3 is 0 Å². The van der Waals surface area contributed by atoms with Gasteiger partial charge in [0.15, 0.2) is 0 Å². The summed E-state index contributed by atoms with van der Waals surface area (Å²) in [5.41, 5.74) is 1.40. The molecule has 0 aromatic carbocycles. The molecule has 0 N–H and O–H groups in total. The maximum atomic E-state index is 13.0. The molecule has 2 aromatic rings. The second-order valence-electron chi connectivity index (χ2n) is 7.22. The zero-order valence-electron chi connectivity index (χ0n) is 14.8. The Morgan fingerprint density at radius 1 is 1.24 bits per heavy atom. The molecule has 0 saturated carbocycles. The fraction of sp³-hybridized carbons (Fsp3) is 0.526. The zero-order valence-corrected chi connectivity index (χ0v) is 14.8. The highest BCUT2D eigenvalue weighted by atomic mass is 16.2. The Hall–Kier alpha value is -2.21. The minimum Gasteiger partial charge on any atom is -0.333 e. The molecule has 2 aromatic heterocycles. The Morgan fingerprint density at radius 2 is 2.08 bits per heavy atom. The van der Waals surface area contributed by atoms with Crippen LogP contribution in [0.2, 0.25) is 0 Å². The number of hydrogen-bond donors (Lipinski definition) is 0. The number of aryl methyl sites for hydroxylation is 1. The normalized spacial score (nSPS) is 21.2. The molecule has 1 atom stereocenters. The third-order valence-corrected chi connectivity index (χ3v) is 5.18. The van der Waals surface area contributed by atoms with Crippen molar-refractivity contribution < 1.29 is 4.79 Å². The number of pyridine rings is 1. The van der Waals surface area contributed by atoms with Gasteiger partial charge in [-0.1, -0.05) is 6.07 Å². The molecular formula is C19H25N5O. The van der Waals surface area contributed by atoms with Gasteiger partial charge in [0.05, 0.1) is 6.54 Å². The van der Waals surface area contributed by atoms with Gasteiger partial charge in [0, 0.05) is 43.6 Å². The largest absolute Gasteiger partial charge is 0.333 e. The quantitative estimate of drug-likeness (QED) is 0.858. The molecule has 25 heavy (non-hydrogen) atoms. The van der Waals surface area contributed by atoms with Crippen LogP contribution in [0.5, 0.6) is 0 Å². The predicted octanol–water partition coefficient (Wildman–Crippen LogP) is 1.95. The van der Waals surface area contributed by atoms with Gasteiger partial charge in [-0.05, 0) is 45.0 Å². The fourth-order valence-corrected chi connectivity index (χ4v) is 3.97. The van der Waals surface area contributed by atoms with Gasteiger partial charge < -0.3 is 14.4 Å². The van der Waals surface area contributed by atoms with Crippen molar-refractivity contribution >= 4 is 5.91 Å². The van der Waals surface area contributed by atoms with E-state index in [1.54, 1.807) is 0 Å². The Bertz CT molecular complexity index is 750. The van der Waals surface area contributed by atoms with E-state index in [2.05, 4.69) is 19.4 Å². The van der Waals surface area contributed by atoms with E-state index in [1.165, 1.54) is 25.9 Å². The van der Waals surface area contributed by atoms with Crippen molar-refractivity contribution in [2.45, 2.75) is 32.9 Å². The van der Waals surface area contributed by atoms with E-state index in [0.717, 1.165) is 31.2 Å². The molecule has 6 nitrogen and oxygen atoms in total. The summed E-state index contributed by atoms with van der Waals surface area (Å²) >= 11 is 0. The minimum absolute atomic E-state index is 0.00609. The van der Waals surface area contributed by atoms with E-state index in [-0.39, 0.29) is 5.91 Å². The number of aromatic nitrogens is 3. The van der Waals surface area contributed by atoms with Crippen LogP contribution in [0.1, 0.15) is 34.8 Å². The molecular weight excluding hydrogens is 314 g/mol. The lowest BCUT2D eigenvalue weighted by molar-refractivity contribution is 0.0700. The van der Waals surface area contributed by atoms with Crippen LogP contribution in [0.15, 0.2) is 30.6 Å². The lowest BCUT2D eigenvalue weighted by Crippen LogP contribution is -2.38. The van der Waals surface area contributed by atoms with Crippen molar-refractivity contribution in [1.82, 2.24) is 24.3 Å². The number of rotatable bonds is 3. The highest BCUT2D eigenvalue weighted by molar-refractivity contribution is 5.92. The first-order valence-electron chi connectivity index (χ1n) is 9.14. The van der Waals surface area contributed by atoms with Gasteiger partial charge in [0.25, 0.3) is 5.91 Å². The average Bonchev–Trinajstić information content (AvgIpc) is 3.23. The number of carbonyl (C=O) groups excluding carboxylic acids is 1. The highest BCUT2D eigenvalue weighted by Gasteiger charge is 2.28. The molecule has 2 aliphatic heterocycles. The maximum Gasteiger partial charge on any atom is 0.272 e.